The summed E-state index contributed by atoms with van der Waals surface area (Å²) in [6.07, 6.45) is 0. The standard InChI is InChI=1S/C58H39NO/c1-2-17-42(18-3-1)48-22-6-7-23-50(48)51-24-8-9-25-52(51)53-26-10-12-30-56(53)59(46-36-34-41(35-37-46)44-33-32-40-16-4-5-19-43(40)38-44)47-21-14-20-45(39-47)49-28-15-29-55-54-27-11-13-31-57(54)60-58(49)55/h1-39H. The Morgan fingerprint density at radius 2 is 0.850 bits per heavy atom. The fraction of sp³-hybridized carbons (Fsp3) is 0. The van der Waals surface area contributed by atoms with Gasteiger partial charge in [-0.1, -0.05) is 194 Å². The zero-order valence-electron chi connectivity index (χ0n) is 32.9. The Labute approximate surface area is 349 Å². The number of benzene rings is 10. The van der Waals surface area contributed by atoms with Gasteiger partial charge in [-0.05, 0) is 97.7 Å². The maximum atomic E-state index is 6.55. The van der Waals surface area contributed by atoms with Crippen molar-refractivity contribution in [1.82, 2.24) is 0 Å². The third kappa shape index (κ3) is 6.32. The second-order valence-electron chi connectivity index (χ2n) is 15.2. The SMILES string of the molecule is c1ccc(-c2ccccc2-c2ccccc2-c2ccccc2N(c2ccc(-c3ccc4ccccc4c3)cc2)c2cccc(-c3cccc4c3oc3ccccc34)c2)cc1. The summed E-state index contributed by atoms with van der Waals surface area (Å²) in [5, 5.41) is 4.72. The largest absolute Gasteiger partial charge is 0.455 e. The Bertz CT molecular complexity index is 3320. The van der Waals surface area contributed by atoms with Gasteiger partial charge in [-0.15, -0.1) is 0 Å². The van der Waals surface area contributed by atoms with Gasteiger partial charge in [0.25, 0.3) is 0 Å². The molecule has 10 aromatic carbocycles. The van der Waals surface area contributed by atoms with Gasteiger partial charge in [-0.2, -0.15) is 0 Å². The van der Waals surface area contributed by atoms with E-state index in [-0.39, 0.29) is 0 Å². The minimum Gasteiger partial charge on any atom is -0.455 e. The molecule has 0 fully saturated rings. The molecule has 0 atom stereocenters. The topological polar surface area (TPSA) is 16.4 Å². The molecule has 0 aliphatic heterocycles. The summed E-state index contributed by atoms with van der Waals surface area (Å²) < 4.78 is 6.55. The molecule has 0 aliphatic carbocycles. The molecule has 0 N–H and O–H groups in total. The summed E-state index contributed by atoms with van der Waals surface area (Å²) in [5.41, 5.74) is 16.6. The van der Waals surface area contributed by atoms with Crippen molar-refractivity contribution in [1.29, 1.82) is 0 Å². The van der Waals surface area contributed by atoms with Crippen molar-refractivity contribution in [3.63, 3.8) is 0 Å². The molecule has 0 bridgehead atoms. The second kappa shape index (κ2) is 15.1. The number of anilines is 3. The second-order valence-corrected chi connectivity index (χ2v) is 15.2. The number of para-hydroxylation sites is 3. The molecular formula is C58H39NO. The molecule has 0 saturated carbocycles. The first kappa shape index (κ1) is 35.2. The van der Waals surface area contributed by atoms with Crippen molar-refractivity contribution in [2.45, 2.75) is 0 Å². The lowest BCUT2D eigenvalue weighted by Gasteiger charge is -2.29. The highest BCUT2D eigenvalue weighted by molar-refractivity contribution is 6.10. The summed E-state index contributed by atoms with van der Waals surface area (Å²) >= 11 is 0. The van der Waals surface area contributed by atoms with E-state index in [9.17, 15) is 0 Å². The van der Waals surface area contributed by atoms with Crippen LogP contribution in [0.25, 0.3) is 88.3 Å². The van der Waals surface area contributed by atoms with Crippen molar-refractivity contribution in [2.24, 2.45) is 0 Å². The number of fused-ring (bicyclic) bond motifs is 4. The molecule has 0 aliphatic rings. The van der Waals surface area contributed by atoms with Crippen molar-refractivity contribution >= 4 is 49.8 Å². The van der Waals surface area contributed by atoms with E-state index in [2.05, 4.69) is 229 Å². The minimum absolute atomic E-state index is 0.894. The minimum atomic E-state index is 0.894. The highest BCUT2D eigenvalue weighted by Crippen LogP contribution is 2.46. The molecule has 0 saturated heterocycles. The summed E-state index contributed by atoms with van der Waals surface area (Å²) in [6, 6.07) is 84.9. The van der Waals surface area contributed by atoms with Crippen LogP contribution in [0.2, 0.25) is 0 Å². The first-order valence-corrected chi connectivity index (χ1v) is 20.5. The summed E-state index contributed by atoms with van der Waals surface area (Å²) in [6.45, 7) is 0. The average Bonchev–Trinajstić information content (AvgIpc) is 3.71. The van der Waals surface area contributed by atoms with Crippen molar-refractivity contribution < 1.29 is 4.42 Å². The average molecular weight is 766 g/mol. The van der Waals surface area contributed by atoms with Crippen LogP contribution >= 0.6 is 0 Å². The van der Waals surface area contributed by atoms with Gasteiger partial charge in [0.1, 0.15) is 11.2 Å². The van der Waals surface area contributed by atoms with Crippen LogP contribution in [0, 0.1) is 0 Å². The molecule has 11 aromatic rings. The smallest absolute Gasteiger partial charge is 0.143 e. The van der Waals surface area contributed by atoms with Crippen LogP contribution in [0.4, 0.5) is 17.1 Å². The molecule has 1 aromatic heterocycles. The Morgan fingerprint density at radius 3 is 1.67 bits per heavy atom. The molecule has 0 spiro atoms. The maximum absolute atomic E-state index is 6.55. The van der Waals surface area contributed by atoms with E-state index < -0.39 is 0 Å². The molecule has 2 heteroatoms. The zero-order chi connectivity index (χ0) is 39.8. The third-order valence-corrected chi connectivity index (χ3v) is 11.7. The van der Waals surface area contributed by atoms with E-state index in [4.69, 9.17) is 4.42 Å². The molecular weight excluding hydrogens is 727 g/mol. The summed E-state index contributed by atoms with van der Waals surface area (Å²) in [7, 11) is 0. The Kier molecular flexibility index (Phi) is 8.87. The van der Waals surface area contributed by atoms with Crippen LogP contribution in [0.1, 0.15) is 0 Å². The highest BCUT2D eigenvalue weighted by Gasteiger charge is 2.21. The van der Waals surface area contributed by atoms with E-state index in [0.717, 1.165) is 61.3 Å². The Morgan fingerprint density at radius 1 is 0.283 bits per heavy atom. The molecule has 60 heavy (non-hydrogen) atoms. The predicted octanol–water partition coefficient (Wildman–Crippen LogP) is 16.5. The number of hydrogen-bond acceptors (Lipinski definition) is 2. The zero-order valence-corrected chi connectivity index (χ0v) is 32.9. The van der Waals surface area contributed by atoms with Gasteiger partial charge in [0.15, 0.2) is 0 Å². The molecule has 1 heterocycles. The lowest BCUT2D eigenvalue weighted by atomic mass is 9.88. The number of hydrogen-bond donors (Lipinski definition) is 0. The van der Waals surface area contributed by atoms with Gasteiger partial charge in [0.2, 0.25) is 0 Å². The first-order valence-electron chi connectivity index (χ1n) is 20.5. The van der Waals surface area contributed by atoms with E-state index in [1.54, 1.807) is 0 Å². The van der Waals surface area contributed by atoms with E-state index in [1.807, 2.05) is 12.1 Å². The fourth-order valence-electron chi connectivity index (χ4n) is 8.82. The van der Waals surface area contributed by atoms with Gasteiger partial charge < -0.3 is 9.32 Å². The molecule has 0 unspecified atom stereocenters. The predicted molar refractivity (Wildman–Crippen MR) is 253 cm³/mol. The molecule has 2 nitrogen and oxygen atoms in total. The van der Waals surface area contributed by atoms with Gasteiger partial charge in [0.05, 0.1) is 5.69 Å². The van der Waals surface area contributed by atoms with Gasteiger partial charge in [0, 0.05) is 33.3 Å². The van der Waals surface area contributed by atoms with Gasteiger partial charge in [-0.3, -0.25) is 0 Å². The van der Waals surface area contributed by atoms with Crippen molar-refractivity contribution in [3.8, 4) is 55.6 Å². The van der Waals surface area contributed by atoms with Crippen LogP contribution in [-0.4, -0.2) is 0 Å². The van der Waals surface area contributed by atoms with Crippen molar-refractivity contribution in [2.75, 3.05) is 4.90 Å². The fourth-order valence-corrected chi connectivity index (χ4v) is 8.82. The third-order valence-electron chi connectivity index (χ3n) is 11.7. The molecule has 0 amide bonds. The Hall–Kier alpha value is -7.94. The van der Waals surface area contributed by atoms with Gasteiger partial charge >= 0.3 is 0 Å². The van der Waals surface area contributed by atoms with Crippen LogP contribution in [0.15, 0.2) is 241 Å². The highest BCUT2D eigenvalue weighted by atomic mass is 16.3. The van der Waals surface area contributed by atoms with E-state index in [0.29, 0.717) is 0 Å². The van der Waals surface area contributed by atoms with E-state index >= 15 is 0 Å². The number of nitrogens with zero attached hydrogens (tertiary/aromatic N) is 1. The monoisotopic (exact) mass is 765 g/mol. The maximum Gasteiger partial charge on any atom is 0.143 e. The Balaban J connectivity index is 1.09. The normalized spacial score (nSPS) is 11.3. The molecule has 0 radical (unpaired) electrons. The lowest BCUT2D eigenvalue weighted by Crippen LogP contribution is -2.11. The molecule has 11 rings (SSSR count). The molecule has 282 valence electrons. The number of rotatable bonds is 8. The first-order chi connectivity index (χ1) is 29.8. The summed E-state index contributed by atoms with van der Waals surface area (Å²) in [4.78, 5) is 2.40. The van der Waals surface area contributed by atoms with Crippen LogP contribution in [-0.2, 0) is 0 Å². The van der Waals surface area contributed by atoms with Crippen molar-refractivity contribution in [3.05, 3.63) is 237 Å². The van der Waals surface area contributed by atoms with E-state index in [1.165, 1.54) is 44.2 Å². The number of furan rings is 1. The summed E-state index contributed by atoms with van der Waals surface area (Å²) in [5.74, 6) is 0. The lowest BCUT2D eigenvalue weighted by molar-refractivity contribution is 0.670. The van der Waals surface area contributed by atoms with Crippen LogP contribution in [0.5, 0.6) is 0 Å². The quantitative estimate of drug-likeness (QED) is 0.153. The van der Waals surface area contributed by atoms with Gasteiger partial charge in [-0.25, -0.2) is 0 Å². The van der Waals surface area contributed by atoms with Crippen LogP contribution in [0.3, 0.4) is 0 Å². The van der Waals surface area contributed by atoms with Crippen LogP contribution < -0.4 is 4.90 Å².